The average Bonchev–Trinajstić information content (AvgIpc) is 3.08. The maximum atomic E-state index is 8.93. The van der Waals surface area contributed by atoms with E-state index < -0.39 is 0 Å². The fraction of sp³-hybridized carbons (Fsp3) is 0.238. The van der Waals surface area contributed by atoms with Gasteiger partial charge in [-0.1, -0.05) is 35.3 Å². The lowest BCUT2D eigenvalue weighted by molar-refractivity contribution is 0.240. The predicted octanol–water partition coefficient (Wildman–Crippen LogP) is 4.67. The molecule has 0 saturated heterocycles. The fourth-order valence-electron chi connectivity index (χ4n) is 3.54. The first kappa shape index (κ1) is 18.1. The molecule has 2 aromatic carbocycles. The number of halogens is 2. The Balaban J connectivity index is 1.48. The first-order valence-corrected chi connectivity index (χ1v) is 9.55. The Morgan fingerprint density at radius 1 is 1.11 bits per heavy atom. The normalized spacial score (nSPS) is 14.0. The van der Waals surface area contributed by atoms with Crippen LogP contribution in [0.2, 0.25) is 10.0 Å². The molecule has 0 radical (unpaired) electrons. The molecule has 0 amide bonds. The Bertz CT molecular complexity index is 1000. The summed E-state index contributed by atoms with van der Waals surface area (Å²) in [5.74, 6) is 0. The first-order chi connectivity index (χ1) is 13.1. The van der Waals surface area contributed by atoms with Gasteiger partial charge >= 0.3 is 0 Å². The van der Waals surface area contributed by atoms with Gasteiger partial charge in [-0.25, -0.2) is 4.98 Å². The Morgan fingerprint density at radius 3 is 2.70 bits per heavy atom. The molecule has 0 saturated carbocycles. The lowest BCUT2D eigenvalue weighted by atomic mass is 9.99. The van der Waals surface area contributed by atoms with Crippen LogP contribution in [0.4, 0.5) is 0 Å². The third-order valence-electron chi connectivity index (χ3n) is 4.94. The van der Waals surface area contributed by atoms with Crippen molar-refractivity contribution >= 4 is 23.2 Å². The number of hydrogen-bond acceptors (Lipinski definition) is 3. The number of aromatic nitrogens is 2. The van der Waals surface area contributed by atoms with Gasteiger partial charge < -0.3 is 4.57 Å². The highest BCUT2D eigenvalue weighted by molar-refractivity contribution is 6.35. The van der Waals surface area contributed by atoms with E-state index >= 15 is 0 Å². The maximum absolute atomic E-state index is 8.93. The van der Waals surface area contributed by atoms with Crippen LogP contribution >= 0.6 is 23.2 Å². The van der Waals surface area contributed by atoms with Crippen molar-refractivity contribution in [3.63, 3.8) is 0 Å². The van der Waals surface area contributed by atoms with Crippen LogP contribution in [-0.4, -0.2) is 21.0 Å². The Hall–Kier alpha value is -2.32. The lowest BCUT2D eigenvalue weighted by Gasteiger charge is -2.29. The minimum Gasteiger partial charge on any atom is -0.329 e. The smallest absolute Gasteiger partial charge is 0.0991 e. The molecule has 0 bridgehead atoms. The highest BCUT2D eigenvalue weighted by atomic mass is 35.5. The molecule has 0 atom stereocenters. The van der Waals surface area contributed by atoms with Crippen molar-refractivity contribution < 1.29 is 0 Å². The molecular weight excluding hydrogens is 379 g/mol. The minimum atomic E-state index is 0.675. The zero-order chi connectivity index (χ0) is 18.8. The van der Waals surface area contributed by atoms with Crippen LogP contribution in [-0.2, 0) is 26.1 Å². The summed E-state index contributed by atoms with van der Waals surface area (Å²) < 4.78 is 2.15. The summed E-state index contributed by atoms with van der Waals surface area (Å²) in [6, 6.07) is 13.7. The molecule has 0 N–H and O–H groups in total. The van der Waals surface area contributed by atoms with Crippen LogP contribution < -0.4 is 0 Å². The van der Waals surface area contributed by atoms with E-state index in [9.17, 15) is 0 Å². The van der Waals surface area contributed by atoms with E-state index in [1.165, 1.54) is 11.1 Å². The second-order valence-electron chi connectivity index (χ2n) is 6.81. The third-order valence-corrected chi connectivity index (χ3v) is 5.50. The highest BCUT2D eigenvalue weighted by Crippen LogP contribution is 2.30. The molecule has 4 rings (SSSR count). The second-order valence-corrected chi connectivity index (χ2v) is 7.65. The molecule has 1 aromatic heterocycles. The van der Waals surface area contributed by atoms with Crippen LogP contribution in [0.5, 0.6) is 0 Å². The van der Waals surface area contributed by atoms with Crippen LogP contribution in [0, 0.1) is 11.3 Å². The van der Waals surface area contributed by atoms with Gasteiger partial charge in [0, 0.05) is 42.4 Å². The van der Waals surface area contributed by atoms with Crippen LogP contribution in [0.1, 0.15) is 27.9 Å². The summed E-state index contributed by atoms with van der Waals surface area (Å²) in [4.78, 5) is 6.72. The largest absolute Gasteiger partial charge is 0.329 e. The molecule has 2 heterocycles. The van der Waals surface area contributed by atoms with E-state index in [1.807, 2.05) is 48.9 Å². The molecule has 136 valence electrons. The average molecular weight is 397 g/mol. The van der Waals surface area contributed by atoms with Crippen molar-refractivity contribution in [2.45, 2.75) is 26.1 Å². The number of imidazole rings is 1. The quantitative estimate of drug-likeness (QED) is 0.643. The summed E-state index contributed by atoms with van der Waals surface area (Å²) in [5.41, 5.74) is 5.40. The maximum Gasteiger partial charge on any atom is 0.0991 e. The number of hydrogen-bond donors (Lipinski definition) is 0. The monoisotopic (exact) mass is 396 g/mol. The van der Waals surface area contributed by atoms with Crippen LogP contribution in [0.25, 0.3) is 0 Å². The Labute approximate surface area is 168 Å². The molecule has 0 spiro atoms. The molecule has 27 heavy (non-hydrogen) atoms. The second kappa shape index (κ2) is 7.74. The number of benzene rings is 2. The van der Waals surface area contributed by atoms with Gasteiger partial charge in [0.05, 0.1) is 23.7 Å². The third kappa shape index (κ3) is 4.01. The van der Waals surface area contributed by atoms with Crippen molar-refractivity contribution in [2.75, 3.05) is 6.54 Å². The molecule has 1 aliphatic heterocycles. The number of nitriles is 1. The summed E-state index contributed by atoms with van der Waals surface area (Å²) in [6.07, 6.45) is 4.71. The van der Waals surface area contributed by atoms with Gasteiger partial charge in [0.25, 0.3) is 0 Å². The van der Waals surface area contributed by atoms with Gasteiger partial charge in [-0.15, -0.1) is 0 Å². The van der Waals surface area contributed by atoms with Crippen LogP contribution in [0.3, 0.4) is 0 Å². The fourth-order valence-corrected chi connectivity index (χ4v) is 4.17. The predicted molar refractivity (Wildman–Crippen MR) is 107 cm³/mol. The Morgan fingerprint density at radius 2 is 1.93 bits per heavy atom. The van der Waals surface area contributed by atoms with Gasteiger partial charge in [-0.3, -0.25) is 4.90 Å². The highest BCUT2D eigenvalue weighted by Gasteiger charge is 2.20. The molecule has 0 fully saturated rings. The SMILES string of the molecule is N#Cc1ccc(Cn2cncc2CN2CCc3c(Cl)cc(Cl)cc3C2)cc1. The van der Waals surface area contributed by atoms with Gasteiger partial charge in [-0.2, -0.15) is 5.26 Å². The van der Waals surface area contributed by atoms with Crippen molar-refractivity contribution in [2.24, 2.45) is 0 Å². The molecule has 1 aliphatic rings. The summed E-state index contributed by atoms with van der Waals surface area (Å²) >= 11 is 12.5. The van der Waals surface area contributed by atoms with E-state index in [4.69, 9.17) is 28.5 Å². The van der Waals surface area contributed by atoms with Crippen molar-refractivity contribution in [1.82, 2.24) is 14.5 Å². The van der Waals surface area contributed by atoms with E-state index in [0.717, 1.165) is 48.9 Å². The lowest BCUT2D eigenvalue weighted by Crippen LogP contribution is -2.31. The minimum absolute atomic E-state index is 0.675. The van der Waals surface area contributed by atoms with Crippen molar-refractivity contribution in [1.29, 1.82) is 5.26 Å². The van der Waals surface area contributed by atoms with Crippen molar-refractivity contribution in [3.8, 4) is 6.07 Å². The Kier molecular flexibility index (Phi) is 5.18. The van der Waals surface area contributed by atoms with E-state index in [2.05, 4.69) is 20.5 Å². The van der Waals surface area contributed by atoms with Crippen LogP contribution in [0.15, 0.2) is 48.9 Å². The molecule has 0 unspecified atom stereocenters. The molecule has 0 aliphatic carbocycles. The molecule has 3 aromatic rings. The zero-order valence-electron chi connectivity index (χ0n) is 14.7. The standard InChI is InChI=1S/C21H18Cl2N4/c22-18-7-17-12-26(6-5-20(17)21(23)8-18)13-19-10-25-14-27(19)11-16-3-1-15(9-24)2-4-16/h1-4,7-8,10,14H,5-6,11-13H2. The molecule has 6 heteroatoms. The number of nitrogens with zero attached hydrogens (tertiary/aromatic N) is 4. The van der Waals surface area contributed by atoms with Crippen molar-refractivity contribution in [3.05, 3.63) is 86.9 Å². The van der Waals surface area contributed by atoms with Gasteiger partial charge in [0.15, 0.2) is 0 Å². The van der Waals surface area contributed by atoms with Gasteiger partial charge in [-0.05, 0) is 47.4 Å². The van der Waals surface area contributed by atoms with E-state index in [1.54, 1.807) is 0 Å². The number of rotatable bonds is 4. The van der Waals surface area contributed by atoms with Gasteiger partial charge in [0.2, 0.25) is 0 Å². The number of fused-ring (bicyclic) bond motifs is 1. The molecule has 4 nitrogen and oxygen atoms in total. The first-order valence-electron chi connectivity index (χ1n) is 8.79. The summed E-state index contributed by atoms with van der Waals surface area (Å²) in [5, 5.41) is 10.4. The summed E-state index contributed by atoms with van der Waals surface area (Å²) in [6.45, 7) is 3.34. The topological polar surface area (TPSA) is 44.9 Å². The molecular formula is C21H18Cl2N4. The van der Waals surface area contributed by atoms with Gasteiger partial charge in [0.1, 0.15) is 0 Å². The zero-order valence-corrected chi connectivity index (χ0v) is 16.2. The van der Waals surface area contributed by atoms with E-state index in [-0.39, 0.29) is 0 Å². The van der Waals surface area contributed by atoms with E-state index in [0.29, 0.717) is 10.6 Å². The summed E-state index contributed by atoms with van der Waals surface area (Å²) in [7, 11) is 0.